The summed E-state index contributed by atoms with van der Waals surface area (Å²) in [6.45, 7) is 0.523. The number of thiophene rings is 1. The van der Waals surface area contributed by atoms with Gasteiger partial charge in [0.05, 0.1) is 17.3 Å². The third-order valence-electron chi connectivity index (χ3n) is 2.57. The lowest BCUT2D eigenvalue weighted by atomic mass is 10.3. The van der Waals surface area contributed by atoms with Crippen LogP contribution in [0.3, 0.4) is 0 Å². The fourth-order valence-corrected chi connectivity index (χ4v) is 2.54. The Balaban J connectivity index is 1.72. The monoisotopic (exact) mass is 310 g/mol. The number of nitrogens with two attached hydrogens (primary N) is 1. The number of hydrogen-bond donors (Lipinski definition) is 2. The molecule has 0 unspecified atom stereocenters. The highest BCUT2D eigenvalue weighted by Gasteiger charge is 2.06. The molecule has 0 saturated carbocycles. The van der Waals surface area contributed by atoms with Crippen molar-refractivity contribution in [2.24, 2.45) is 0 Å². The van der Waals surface area contributed by atoms with Gasteiger partial charge in [-0.2, -0.15) is 0 Å². The summed E-state index contributed by atoms with van der Waals surface area (Å²) in [4.78, 5) is 12.9. The molecule has 0 aliphatic heterocycles. The van der Waals surface area contributed by atoms with Gasteiger partial charge in [0.15, 0.2) is 0 Å². The van der Waals surface area contributed by atoms with Gasteiger partial charge in [-0.05, 0) is 29.6 Å². The second kappa shape index (κ2) is 7.28. The smallest absolute Gasteiger partial charge is 0.250 e. The lowest BCUT2D eigenvalue weighted by Crippen LogP contribution is -2.19. The van der Waals surface area contributed by atoms with E-state index in [1.807, 2.05) is 17.5 Å². The largest absolute Gasteiger partial charge is 0.399 e. The Labute approximate surface area is 126 Å². The van der Waals surface area contributed by atoms with Crippen molar-refractivity contribution >= 4 is 40.2 Å². The van der Waals surface area contributed by atoms with Crippen molar-refractivity contribution in [3.63, 3.8) is 0 Å². The third-order valence-corrected chi connectivity index (χ3v) is 3.82. The van der Waals surface area contributed by atoms with Crippen molar-refractivity contribution < 1.29 is 9.53 Å². The second-order valence-electron chi connectivity index (χ2n) is 4.17. The number of ether oxygens (including phenoxy) is 1. The summed E-state index contributed by atoms with van der Waals surface area (Å²) in [5.74, 6) is -0.233. The predicted molar refractivity (Wildman–Crippen MR) is 83.3 cm³/mol. The highest BCUT2D eigenvalue weighted by atomic mass is 35.5. The van der Waals surface area contributed by atoms with Gasteiger partial charge in [0, 0.05) is 17.0 Å². The molecule has 2 aromatic rings. The summed E-state index contributed by atoms with van der Waals surface area (Å²) in [7, 11) is 0. The summed E-state index contributed by atoms with van der Waals surface area (Å²) in [5.41, 5.74) is 6.67. The van der Waals surface area contributed by atoms with Crippen LogP contribution in [0, 0.1) is 0 Å². The molecule has 1 amide bonds. The Kier molecular flexibility index (Phi) is 5.40. The number of carbonyl (C=O) groups is 1. The molecule has 4 nitrogen and oxygen atoms in total. The topological polar surface area (TPSA) is 64.3 Å². The van der Waals surface area contributed by atoms with E-state index in [1.165, 1.54) is 4.88 Å². The number of carbonyl (C=O) groups excluding carboxylic acids is 1. The summed E-state index contributed by atoms with van der Waals surface area (Å²) in [6.07, 6.45) is 0.813. The van der Waals surface area contributed by atoms with Gasteiger partial charge in [-0.1, -0.05) is 17.7 Å². The van der Waals surface area contributed by atoms with E-state index in [4.69, 9.17) is 22.1 Å². The number of anilines is 2. The van der Waals surface area contributed by atoms with E-state index in [0.29, 0.717) is 23.0 Å². The molecular formula is C14H15ClN2O2S. The van der Waals surface area contributed by atoms with Crippen LogP contribution < -0.4 is 11.1 Å². The maximum absolute atomic E-state index is 11.7. The maximum atomic E-state index is 11.7. The Hall–Kier alpha value is -1.56. The molecule has 2 rings (SSSR count). The van der Waals surface area contributed by atoms with Crippen LogP contribution in [-0.2, 0) is 16.0 Å². The lowest BCUT2D eigenvalue weighted by Gasteiger charge is -2.08. The Morgan fingerprint density at radius 3 is 2.95 bits per heavy atom. The number of hydrogen-bond acceptors (Lipinski definition) is 4. The summed E-state index contributed by atoms with van der Waals surface area (Å²) >= 11 is 7.65. The van der Waals surface area contributed by atoms with Gasteiger partial charge >= 0.3 is 0 Å². The van der Waals surface area contributed by atoms with Crippen LogP contribution in [0.15, 0.2) is 35.7 Å². The number of amides is 1. The van der Waals surface area contributed by atoms with Crippen molar-refractivity contribution in [3.8, 4) is 0 Å². The van der Waals surface area contributed by atoms with Crippen molar-refractivity contribution in [1.29, 1.82) is 0 Å². The average Bonchev–Trinajstić information content (AvgIpc) is 2.91. The normalized spacial score (nSPS) is 10.4. The van der Waals surface area contributed by atoms with Crippen LogP contribution in [0.4, 0.5) is 11.4 Å². The van der Waals surface area contributed by atoms with E-state index in [-0.39, 0.29) is 12.5 Å². The van der Waals surface area contributed by atoms with Gasteiger partial charge in [0.1, 0.15) is 6.61 Å². The van der Waals surface area contributed by atoms with Crippen LogP contribution in [0.1, 0.15) is 4.88 Å². The predicted octanol–water partition coefficient (Wildman–Crippen LogP) is 3.18. The number of nitrogens with one attached hydrogen (secondary N) is 1. The first-order valence-corrected chi connectivity index (χ1v) is 7.36. The van der Waals surface area contributed by atoms with Crippen LogP contribution in [0.2, 0.25) is 5.02 Å². The molecule has 0 aliphatic carbocycles. The highest BCUT2D eigenvalue weighted by Crippen LogP contribution is 2.23. The van der Waals surface area contributed by atoms with Crippen LogP contribution >= 0.6 is 22.9 Å². The summed E-state index contributed by atoms with van der Waals surface area (Å²) in [6, 6.07) is 8.98. The fraction of sp³-hybridized carbons (Fsp3) is 0.214. The quantitative estimate of drug-likeness (QED) is 0.636. The number of rotatable bonds is 6. The Morgan fingerprint density at radius 2 is 2.25 bits per heavy atom. The SMILES string of the molecule is Nc1ccc(NC(=O)COCCc2cccs2)c(Cl)c1. The number of nitrogen functional groups attached to an aromatic ring is 1. The fourth-order valence-electron chi connectivity index (χ4n) is 1.61. The molecule has 1 heterocycles. The zero-order valence-corrected chi connectivity index (χ0v) is 12.3. The van der Waals surface area contributed by atoms with Crippen LogP contribution in [-0.4, -0.2) is 19.1 Å². The lowest BCUT2D eigenvalue weighted by molar-refractivity contribution is -0.120. The van der Waals surface area contributed by atoms with E-state index < -0.39 is 0 Å². The summed E-state index contributed by atoms with van der Waals surface area (Å²) in [5, 5.41) is 5.12. The minimum Gasteiger partial charge on any atom is -0.399 e. The van der Waals surface area contributed by atoms with Crippen molar-refractivity contribution in [2.45, 2.75) is 6.42 Å². The van der Waals surface area contributed by atoms with Gasteiger partial charge in [-0.15, -0.1) is 11.3 Å². The first kappa shape index (κ1) is 14.8. The number of benzene rings is 1. The highest BCUT2D eigenvalue weighted by molar-refractivity contribution is 7.09. The molecule has 0 atom stereocenters. The molecule has 0 bridgehead atoms. The zero-order valence-electron chi connectivity index (χ0n) is 10.8. The third kappa shape index (κ3) is 4.52. The molecule has 1 aromatic carbocycles. The average molecular weight is 311 g/mol. The van der Waals surface area contributed by atoms with Gasteiger partial charge in [-0.3, -0.25) is 4.79 Å². The minimum atomic E-state index is -0.233. The molecule has 6 heteroatoms. The van der Waals surface area contributed by atoms with E-state index in [0.717, 1.165) is 6.42 Å². The zero-order chi connectivity index (χ0) is 14.4. The van der Waals surface area contributed by atoms with Gasteiger partial charge in [0.25, 0.3) is 0 Å². The molecule has 0 saturated heterocycles. The molecule has 1 aromatic heterocycles. The standard InChI is InChI=1S/C14H15ClN2O2S/c15-12-8-10(16)3-4-13(12)17-14(18)9-19-6-5-11-2-1-7-20-11/h1-4,7-8H,5-6,9,16H2,(H,17,18). The number of halogens is 1. The van der Waals surface area contributed by atoms with Gasteiger partial charge in [-0.25, -0.2) is 0 Å². The van der Waals surface area contributed by atoms with E-state index in [9.17, 15) is 4.79 Å². The molecule has 0 fully saturated rings. The van der Waals surface area contributed by atoms with Crippen molar-refractivity contribution in [3.05, 3.63) is 45.6 Å². The molecule has 20 heavy (non-hydrogen) atoms. The second-order valence-corrected chi connectivity index (χ2v) is 5.61. The molecule has 0 radical (unpaired) electrons. The first-order chi connectivity index (χ1) is 9.65. The van der Waals surface area contributed by atoms with E-state index in [1.54, 1.807) is 29.5 Å². The maximum Gasteiger partial charge on any atom is 0.250 e. The Bertz CT molecular complexity index is 573. The van der Waals surface area contributed by atoms with Crippen molar-refractivity contribution in [1.82, 2.24) is 0 Å². The van der Waals surface area contributed by atoms with E-state index >= 15 is 0 Å². The van der Waals surface area contributed by atoms with Gasteiger partial charge < -0.3 is 15.8 Å². The molecule has 0 spiro atoms. The minimum absolute atomic E-state index is 0.00603. The molecular weight excluding hydrogens is 296 g/mol. The van der Waals surface area contributed by atoms with E-state index in [2.05, 4.69) is 5.32 Å². The van der Waals surface area contributed by atoms with Crippen molar-refractivity contribution in [2.75, 3.05) is 24.3 Å². The van der Waals surface area contributed by atoms with Crippen LogP contribution in [0.25, 0.3) is 0 Å². The summed E-state index contributed by atoms with van der Waals surface area (Å²) < 4.78 is 5.33. The first-order valence-electron chi connectivity index (χ1n) is 6.10. The molecule has 0 aliphatic rings. The van der Waals surface area contributed by atoms with Gasteiger partial charge in [0.2, 0.25) is 5.91 Å². The Morgan fingerprint density at radius 1 is 1.40 bits per heavy atom. The molecule has 106 valence electrons. The van der Waals surface area contributed by atoms with Crippen LogP contribution in [0.5, 0.6) is 0 Å². The molecule has 3 N–H and O–H groups in total.